The van der Waals surface area contributed by atoms with Crippen LogP contribution in [0.15, 0.2) is 30.5 Å². The Balaban J connectivity index is 2.08. The van der Waals surface area contributed by atoms with Gasteiger partial charge in [0.15, 0.2) is 0 Å². The molecule has 0 aliphatic carbocycles. The molecule has 0 atom stereocenters. The Kier molecular flexibility index (Phi) is 3.99. The number of benzene rings is 1. The molecule has 1 aromatic heterocycles. The molecule has 1 aromatic carbocycles. The molecule has 0 unspecified atom stereocenters. The highest BCUT2D eigenvalue weighted by atomic mass is 16.5. The molecule has 1 heterocycles. The second kappa shape index (κ2) is 5.69. The molecule has 0 radical (unpaired) electrons. The summed E-state index contributed by atoms with van der Waals surface area (Å²) in [6.07, 6.45) is 2.04. The smallest absolute Gasteiger partial charge is 0.0733 e. The van der Waals surface area contributed by atoms with Crippen LogP contribution in [0.4, 0.5) is 5.69 Å². The fourth-order valence-electron chi connectivity index (χ4n) is 1.99. The fraction of sp³-hybridized carbons (Fsp3) is 0.357. The van der Waals surface area contributed by atoms with Crippen LogP contribution in [0.1, 0.15) is 16.8 Å². The van der Waals surface area contributed by atoms with E-state index >= 15 is 0 Å². The maximum atomic E-state index is 5.19. The lowest BCUT2D eigenvalue weighted by Gasteiger charge is -2.10. The molecule has 2 rings (SSSR count). The lowest BCUT2D eigenvalue weighted by molar-refractivity contribution is 0.185. The van der Waals surface area contributed by atoms with Gasteiger partial charge in [0, 0.05) is 43.7 Å². The van der Waals surface area contributed by atoms with Crippen molar-refractivity contribution in [1.82, 2.24) is 9.78 Å². The SMILES string of the molecule is COCc1ccccc1NCc1cn(C)nc1C. The fourth-order valence-corrected chi connectivity index (χ4v) is 1.99. The molecular weight excluding hydrogens is 226 g/mol. The summed E-state index contributed by atoms with van der Waals surface area (Å²) in [6.45, 7) is 3.42. The Morgan fingerprint density at radius 3 is 2.72 bits per heavy atom. The normalized spacial score (nSPS) is 10.6. The molecule has 18 heavy (non-hydrogen) atoms. The third-order valence-electron chi connectivity index (χ3n) is 2.90. The molecule has 0 spiro atoms. The average molecular weight is 245 g/mol. The standard InChI is InChI=1S/C14H19N3O/c1-11-13(9-17(2)16-11)8-15-14-7-5-4-6-12(14)10-18-3/h4-7,9,15H,8,10H2,1-3H3. The van der Waals surface area contributed by atoms with Crippen LogP contribution < -0.4 is 5.32 Å². The van der Waals surface area contributed by atoms with Crippen LogP contribution in [0.2, 0.25) is 0 Å². The first-order valence-corrected chi connectivity index (χ1v) is 6.00. The Bertz CT molecular complexity index is 520. The van der Waals surface area contributed by atoms with Gasteiger partial charge in [-0.25, -0.2) is 0 Å². The topological polar surface area (TPSA) is 39.1 Å². The molecule has 4 nitrogen and oxygen atoms in total. The van der Waals surface area contributed by atoms with Crippen LogP contribution >= 0.6 is 0 Å². The molecule has 0 amide bonds. The van der Waals surface area contributed by atoms with Gasteiger partial charge in [-0.15, -0.1) is 0 Å². The van der Waals surface area contributed by atoms with Gasteiger partial charge in [-0.1, -0.05) is 18.2 Å². The van der Waals surface area contributed by atoms with Crippen molar-refractivity contribution in [3.8, 4) is 0 Å². The molecule has 0 fully saturated rings. The van der Waals surface area contributed by atoms with Crippen LogP contribution in [-0.4, -0.2) is 16.9 Å². The van der Waals surface area contributed by atoms with Crippen molar-refractivity contribution in [2.45, 2.75) is 20.1 Å². The van der Waals surface area contributed by atoms with Crippen molar-refractivity contribution >= 4 is 5.69 Å². The lowest BCUT2D eigenvalue weighted by atomic mass is 10.1. The molecule has 0 aliphatic rings. The summed E-state index contributed by atoms with van der Waals surface area (Å²) in [5.41, 5.74) is 4.56. The van der Waals surface area contributed by atoms with Gasteiger partial charge in [-0.3, -0.25) is 4.68 Å². The minimum Gasteiger partial charge on any atom is -0.381 e. The van der Waals surface area contributed by atoms with Gasteiger partial charge < -0.3 is 10.1 Å². The summed E-state index contributed by atoms with van der Waals surface area (Å²) >= 11 is 0. The number of methoxy groups -OCH3 is 1. The molecule has 0 saturated carbocycles. The molecule has 96 valence electrons. The second-order valence-electron chi connectivity index (χ2n) is 4.36. The third kappa shape index (κ3) is 2.90. The van der Waals surface area contributed by atoms with E-state index in [4.69, 9.17) is 4.74 Å². The number of rotatable bonds is 5. The molecule has 0 saturated heterocycles. The van der Waals surface area contributed by atoms with Gasteiger partial charge >= 0.3 is 0 Å². The number of nitrogens with zero attached hydrogens (tertiary/aromatic N) is 2. The second-order valence-corrected chi connectivity index (χ2v) is 4.36. The van der Waals surface area contributed by atoms with Gasteiger partial charge in [0.05, 0.1) is 12.3 Å². The number of aryl methyl sites for hydroxylation is 2. The highest BCUT2D eigenvalue weighted by Gasteiger charge is 2.05. The van der Waals surface area contributed by atoms with Crippen molar-refractivity contribution in [2.24, 2.45) is 7.05 Å². The number of ether oxygens (including phenoxy) is 1. The zero-order valence-electron chi connectivity index (χ0n) is 11.1. The minimum atomic E-state index is 0.620. The first-order chi connectivity index (χ1) is 8.70. The number of anilines is 1. The van der Waals surface area contributed by atoms with Crippen LogP contribution in [0.5, 0.6) is 0 Å². The van der Waals surface area contributed by atoms with Crippen LogP contribution in [0.25, 0.3) is 0 Å². The van der Waals surface area contributed by atoms with E-state index in [-0.39, 0.29) is 0 Å². The van der Waals surface area contributed by atoms with E-state index in [1.54, 1.807) is 7.11 Å². The third-order valence-corrected chi connectivity index (χ3v) is 2.90. The number of hydrogen-bond acceptors (Lipinski definition) is 3. The van der Waals surface area contributed by atoms with Gasteiger partial charge in [0.1, 0.15) is 0 Å². The van der Waals surface area contributed by atoms with E-state index in [0.29, 0.717) is 6.61 Å². The van der Waals surface area contributed by atoms with Crippen LogP contribution in [-0.2, 0) is 24.9 Å². The number of hydrogen-bond donors (Lipinski definition) is 1. The summed E-state index contributed by atoms with van der Waals surface area (Å²) in [5.74, 6) is 0. The molecule has 4 heteroatoms. The van der Waals surface area contributed by atoms with Gasteiger partial charge in [0.25, 0.3) is 0 Å². The van der Waals surface area contributed by atoms with Crippen LogP contribution in [0, 0.1) is 6.92 Å². The quantitative estimate of drug-likeness (QED) is 0.879. The van der Waals surface area contributed by atoms with E-state index in [2.05, 4.69) is 22.5 Å². The summed E-state index contributed by atoms with van der Waals surface area (Å²) in [7, 11) is 3.65. The molecule has 0 aliphatic heterocycles. The van der Waals surface area contributed by atoms with Crippen molar-refractivity contribution in [3.05, 3.63) is 47.3 Å². The Hall–Kier alpha value is -1.81. The van der Waals surface area contributed by atoms with Crippen LogP contribution in [0.3, 0.4) is 0 Å². The number of aromatic nitrogens is 2. The lowest BCUT2D eigenvalue weighted by Crippen LogP contribution is -2.03. The summed E-state index contributed by atoms with van der Waals surface area (Å²) in [5, 5.41) is 7.77. The van der Waals surface area contributed by atoms with Crippen molar-refractivity contribution in [2.75, 3.05) is 12.4 Å². The monoisotopic (exact) mass is 245 g/mol. The number of para-hydroxylation sites is 1. The first kappa shape index (κ1) is 12.6. The van der Waals surface area contributed by atoms with E-state index < -0.39 is 0 Å². The average Bonchev–Trinajstić information content (AvgIpc) is 2.67. The molecule has 2 aromatic rings. The maximum absolute atomic E-state index is 5.19. The highest BCUT2D eigenvalue weighted by molar-refractivity contribution is 5.51. The predicted octanol–water partition coefficient (Wildman–Crippen LogP) is 2.49. The van der Waals surface area contributed by atoms with E-state index in [0.717, 1.165) is 17.9 Å². The maximum Gasteiger partial charge on any atom is 0.0733 e. The molecule has 0 bridgehead atoms. The van der Waals surface area contributed by atoms with Crippen molar-refractivity contribution in [3.63, 3.8) is 0 Å². The predicted molar refractivity (Wildman–Crippen MR) is 72.4 cm³/mol. The minimum absolute atomic E-state index is 0.620. The Morgan fingerprint density at radius 1 is 1.28 bits per heavy atom. The van der Waals surface area contributed by atoms with Gasteiger partial charge in [0.2, 0.25) is 0 Å². The zero-order valence-corrected chi connectivity index (χ0v) is 11.1. The van der Waals surface area contributed by atoms with Gasteiger partial charge in [-0.2, -0.15) is 5.10 Å². The Labute approximate surface area is 108 Å². The van der Waals surface area contributed by atoms with Gasteiger partial charge in [-0.05, 0) is 13.0 Å². The largest absolute Gasteiger partial charge is 0.381 e. The van der Waals surface area contributed by atoms with E-state index in [9.17, 15) is 0 Å². The van der Waals surface area contributed by atoms with E-state index in [1.807, 2.05) is 37.0 Å². The summed E-state index contributed by atoms with van der Waals surface area (Å²) in [6, 6.07) is 8.19. The van der Waals surface area contributed by atoms with Crippen molar-refractivity contribution < 1.29 is 4.74 Å². The Morgan fingerprint density at radius 2 is 2.06 bits per heavy atom. The molecular formula is C14H19N3O. The highest BCUT2D eigenvalue weighted by Crippen LogP contribution is 2.17. The zero-order chi connectivity index (χ0) is 13.0. The van der Waals surface area contributed by atoms with E-state index in [1.165, 1.54) is 11.1 Å². The number of nitrogens with one attached hydrogen (secondary N) is 1. The summed E-state index contributed by atoms with van der Waals surface area (Å²) in [4.78, 5) is 0. The first-order valence-electron chi connectivity index (χ1n) is 6.00. The molecule has 1 N–H and O–H groups in total. The summed E-state index contributed by atoms with van der Waals surface area (Å²) < 4.78 is 7.03. The van der Waals surface area contributed by atoms with Crippen molar-refractivity contribution in [1.29, 1.82) is 0 Å².